The van der Waals surface area contributed by atoms with Crippen molar-refractivity contribution in [2.75, 3.05) is 7.05 Å². The number of fused-ring (bicyclic) bond motifs is 1. The fourth-order valence-corrected chi connectivity index (χ4v) is 4.20. The van der Waals surface area contributed by atoms with Crippen LogP contribution >= 0.6 is 11.3 Å². The molecule has 2 heterocycles. The highest BCUT2D eigenvalue weighted by atomic mass is 32.1. The van der Waals surface area contributed by atoms with Gasteiger partial charge in [-0.1, -0.05) is 44.2 Å². The third-order valence-corrected chi connectivity index (χ3v) is 5.83. The van der Waals surface area contributed by atoms with E-state index in [0.29, 0.717) is 4.88 Å². The Labute approximate surface area is 162 Å². The fourth-order valence-electron chi connectivity index (χ4n) is 3.14. The standard InChI is InChI=1S/C20H23N3O3S/c1-12(2)17-14-11-16(27-19(14)23(4)21-17)18(24)22(3)15(20(25)26)10-13-8-6-5-7-9-13/h5-9,11-12,15H,10H2,1-4H3,(H,25,26). The van der Waals surface area contributed by atoms with Gasteiger partial charge in [-0.25, -0.2) is 4.79 Å². The molecule has 142 valence electrons. The second-order valence-corrected chi connectivity index (χ2v) is 7.98. The number of carboxylic acids is 1. The van der Waals surface area contributed by atoms with E-state index < -0.39 is 12.0 Å². The van der Waals surface area contributed by atoms with Crippen LogP contribution in [0.15, 0.2) is 36.4 Å². The Morgan fingerprint density at radius 1 is 1.26 bits per heavy atom. The zero-order valence-electron chi connectivity index (χ0n) is 15.8. The van der Waals surface area contributed by atoms with Crippen LogP contribution in [0.4, 0.5) is 0 Å². The van der Waals surface area contributed by atoms with Gasteiger partial charge in [0.1, 0.15) is 10.9 Å². The van der Waals surface area contributed by atoms with Crippen molar-refractivity contribution in [2.45, 2.75) is 32.2 Å². The van der Waals surface area contributed by atoms with E-state index in [9.17, 15) is 14.7 Å². The molecule has 0 aliphatic rings. The van der Waals surface area contributed by atoms with Crippen molar-refractivity contribution in [2.24, 2.45) is 7.05 Å². The highest BCUT2D eigenvalue weighted by Gasteiger charge is 2.29. The van der Waals surface area contributed by atoms with E-state index in [0.717, 1.165) is 21.5 Å². The van der Waals surface area contributed by atoms with Gasteiger partial charge in [0.25, 0.3) is 5.91 Å². The fraction of sp³-hybridized carbons (Fsp3) is 0.350. The van der Waals surface area contributed by atoms with Crippen LogP contribution in [-0.2, 0) is 18.3 Å². The maximum absolute atomic E-state index is 13.0. The molecule has 3 rings (SSSR count). The molecule has 7 heteroatoms. The summed E-state index contributed by atoms with van der Waals surface area (Å²) in [5.41, 5.74) is 1.83. The van der Waals surface area contributed by atoms with E-state index in [2.05, 4.69) is 18.9 Å². The lowest BCUT2D eigenvalue weighted by Crippen LogP contribution is -2.43. The van der Waals surface area contributed by atoms with Gasteiger partial charge in [-0.2, -0.15) is 5.10 Å². The molecule has 0 radical (unpaired) electrons. The maximum Gasteiger partial charge on any atom is 0.326 e. The lowest BCUT2D eigenvalue weighted by molar-refractivity contribution is -0.141. The Morgan fingerprint density at radius 3 is 2.52 bits per heavy atom. The van der Waals surface area contributed by atoms with Crippen LogP contribution in [0.5, 0.6) is 0 Å². The summed E-state index contributed by atoms with van der Waals surface area (Å²) in [6.07, 6.45) is 0.266. The molecule has 0 fully saturated rings. The summed E-state index contributed by atoms with van der Waals surface area (Å²) in [5.74, 6) is -1.05. The zero-order valence-corrected chi connectivity index (χ0v) is 16.7. The number of carbonyl (C=O) groups is 2. The first-order valence-electron chi connectivity index (χ1n) is 8.80. The topological polar surface area (TPSA) is 75.4 Å². The van der Waals surface area contributed by atoms with Crippen molar-refractivity contribution in [3.05, 3.63) is 52.5 Å². The number of hydrogen-bond acceptors (Lipinski definition) is 4. The minimum atomic E-state index is -1.01. The van der Waals surface area contributed by atoms with E-state index >= 15 is 0 Å². The second kappa shape index (κ2) is 7.52. The number of nitrogens with zero attached hydrogens (tertiary/aromatic N) is 3. The smallest absolute Gasteiger partial charge is 0.326 e. The Bertz CT molecular complexity index is 975. The van der Waals surface area contributed by atoms with Crippen LogP contribution in [0.3, 0.4) is 0 Å². The van der Waals surface area contributed by atoms with Gasteiger partial charge in [0.15, 0.2) is 0 Å². The van der Waals surface area contributed by atoms with Crippen molar-refractivity contribution < 1.29 is 14.7 Å². The summed E-state index contributed by atoms with van der Waals surface area (Å²) in [7, 11) is 3.41. The predicted molar refractivity (Wildman–Crippen MR) is 106 cm³/mol. The SMILES string of the molecule is CC(C)c1nn(C)c2sc(C(=O)N(C)C(Cc3ccccc3)C(=O)O)cc12. The molecule has 27 heavy (non-hydrogen) atoms. The molecular weight excluding hydrogens is 362 g/mol. The van der Waals surface area contributed by atoms with Crippen molar-refractivity contribution in [3.63, 3.8) is 0 Å². The van der Waals surface area contributed by atoms with E-state index in [1.165, 1.54) is 16.2 Å². The molecule has 0 saturated heterocycles. The largest absolute Gasteiger partial charge is 0.480 e. The number of aliphatic carboxylic acids is 1. The van der Waals surface area contributed by atoms with Gasteiger partial charge in [-0.05, 0) is 17.5 Å². The Kier molecular flexibility index (Phi) is 5.32. The van der Waals surface area contributed by atoms with Gasteiger partial charge in [0.2, 0.25) is 0 Å². The third kappa shape index (κ3) is 3.73. The number of rotatable bonds is 6. The monoisotopic (exact) mass is 385 g/mol. The number of thiophene rings is 1. The summed E-state index contributed by atoms with van der Waals surface area (Å²) < 4.78 is 1.78. The zero-order chi connectivity index (χ0) is 19.7. The number of aryl methyl sites for hydroxylation is 1. The van der Waals surface area contributed by atoms with Crippen LogP contribution in [-0.4, -0.2) is 44.8 Å². The van der Waals surface area contributed by atoms with Gasteiger partial charge in [-0.15, -0.1) is 11.3 Å². The number of amides is 1. The maximum atomic E-state index is 13.0. The first kappa shape index (κ1) is 19.1. The lowest BCUT2D eigenvalue weighted by Gasteiger charge is -2.24. The van der Waals surface area contributed by atoms with Gasteiger partial charge in [0, 0.05) is 25.9 Å². The predicted octanol–water partition coefficient (Wildman–Crippen LogP) is 3.53. The van der Waals surface area contributed by atoms with Crippen molar-refractivity contribution in [1.29, 1.82) is 0 Å². The summed E-state index contributed by atoms with van der Waals surface area (Å²) >= 11 is 1.35. The Balaban J connectivity index is 1.90. The van der Waals surface area contributed by atoms with E-state index in [1.54, 1.807) is 11.7 Å². The van der Waals surface area contributed by atoms with Crippen molar-refractivity contribution >= 4 is 33.4 Å². The molecule has 3 aromatic rings. The second-order valence-electron chi connectivity index (χ2n) is 6.95. The number of carboxylic acid groups (broad SMARTS) is 1. The average Bonchev–Trinajstić information content (AvgIpc) is 3.20. The first-order valence-corrected chi connectivity index (χ1v) is 9.61. The number of likely N-dealkylation sites (N-methyl/N-ethyl adjacent to an activating group) is 1. The number of benzene rings is 1. The van der Waals surface area contributed by atoms with Crippen LogP contribution in [0, 0.1) is 0 Å². The van der Waals surface area contributed by atoms with Crippen LogP contribution in [0.25, 0.3) is 10.2 Å². The molecule has 1 N–H and O–H groups in total. The first-order chi connectivity index (χ1) is 12.8. The normalized spacial score (nSPS) is 12.5. The van der Waals surface area contributed by atoms with Gasteiger partial charge < -0.3 is 10.0 Å². The van der Waals surface area contributed by atoms with Gasteiger partial charge in [-0.3, -0.25) is 9.48 Å². The number of carbonyl (C=O) groups excluding carboxylic acids is 1. The number of hydrogen-bond donors (Lipinski definition) is 1. The summed E-state index contributed by atoms with van der Waals surface area (Å²) in [4.78, 5) is 27.6. The van der Waals surface area contributed by atoms with Gasteiger partial charge in [0.05, 0.1) is 10.6 Å². The lowest BCUT2D eigenvalue weighted by atomic mass is 10.0. The van der Waals surface area contributed by atoms with Crippen LogP contribution in [0.1, 0.15) is 40.7 Å². The summed E-state index contributed by atoms with van der Waals surface area (Å²) in [6.45, 7) is 4.13. The summed E-state index contributed by atoms with van der Waals surface area (Å²) in [6, 6.07) is 10.3. The quantitative estimate of drug-likeness (QED) is 0.704. The van der Waals surface area contributed by atoms with E-state index in [1.807, 2.05) is 43.4 Å². The molecular formula is C20H23N3O3S. The Hall–Kier alpha value is -2.67. The van der Waals surface area contributed by atoms with Crippen LogP contribution in [0.2, 0.25) is 0 Å². The number of aromatic nitrogens is 2. The average molecular weight is 385 g/mol. The molecule has 1 aromatic carbocycles. The molecule has 1 unspecified atom stereocenters. The van der Waals surface area contributed by atoms with E-state index in [-0.39, 0.29) is 18.2 Å². The van der Waals surface area contributed by atoms with E-state index in [4.69, 9.17) is 0 Å². The highest BCUT2D eigenvalue weighted by Crippen LogP contribution is 2.32. The minimum Gasteiger partial charge on any atom is -0.480 e. The molecule has 6 nitrogen and oxygen atoms in total. The molecule has 1 atom stereocenters. The molecule has 0 spiro atoms. The van der Waals surface area contributed by atoms with Gasteiger partial charge >= 0.3 is 5.97 Å². The third-order valence-electron chi connectivity index (χ3n) is 4.64. The van der Waals surface area contributed by atoms with Crippen molar-refractivity contribution in [3.8, 4) is 0 Å². The van der Waals surface area contributed by atoms with Crippen molar-refractivity contribution in [1.82, 2.24) is 14.7 Å². The molecule has 0 bridgehead atoms. The molecule has 0 saturated carbocycles. The van der Waals surface area contributed by atoms with Crippen LogP contribution < -0.4 is 0 Å². The molecule has 0 aliphatic carbocycles. The molecule has 2 aromatic heterocycles. The highest BCUT2D eigenvalue weighted by molar-refractivity contribution is 7.20. The molecule has 1 amide bonds. The summed E-state index contributed by atoms with van der Waals surface area (Å²) in [5, 5.41) is 15.1. The minimum absolute atomic E-state index is 0.244. The molecule has 0 aliphatic heterocycles. The Morgan fingerprint density at radius 2 is 1.93 bits per heavy atom.